The van der Waals surface area contributed by atoms with Crippen LogP contribution in [0, 0.1) is 0 Å². The summed E-state index contributed by atoms with van der Waals surface area (Å²) in [6.45, 7) is 7.46. The molecule has 166 valence electrons. The van der Waals surface area contributed by atoms with Crippen LogP contribution in [-0.4, -0.2) is 27.3 Å². The van der Waals surface area contributed by atoms with Crippen LogP contribution < -0.4 is 5.32 Å². The second-order valence-electron chi connectivity index (χ2n) is 7.68. The number of para-hydroxylation sites is 3. The SMILES string of the molecule is C=CCc1cccc(/C=N\N2C(=O)c3ccccc3N[C@@H]2c2cccc(CC=C)c2O)c1O. The van der Waals surface area contributed by atoms with Crippen molar-refractivity contribution in [2.24, 2.45) is 5.10 Å². The Balaban J connectivity index is 1.79. The molecule has 1 heterocycles. The number of carbonyl (C=O) groups excluding carboxylic acids is 1. The Labute approximate surface area is 192 Å². The van der Waals surface area contributed by atoms with Crippen molar-refractivity contribution < 1.29 is 15.0 Å². The van der Waals surface area contributed by atoms with Crippen molar-refractivity contribution in [3.05, 3.63) is 114 Å². The lowest BCUT2D eigenvalue weighted by atomic mass is 10.0. The van der Waals surface area contributed by atoms with Crippen LogP contribution in [-0.2, 0) is 12.8 Å². The predicted octanol–water partition coefficient (Wildman–Crippen LogP) is 5.16. The molecule has 6 heteroatoms. The largest absolute Gasteiger partial charge is 0.507 e. The van der Waals surface area contributed by atoms with Gasteiger partial charge in [0.25, 0.3) is 5.91 Å². The topological polar surface area (TPSA) is 85.2 Å². The number of aromatic hydroxyl groups is 2. The van der Waals surface area contributed by atoms with E-state index in [1.807, 2.05) is 36.4 Å². The van der Waals surface area contributed by atoms with Gasteiger partial charge in [-0.3, -0.25) is 4.79 Å². The Morgan fingerprint density at radius 1 is 0.909 bits per heavy atom. The maximum atomic E-state index is 13.4. The second-order valence-corrected chi connectivity index (χ2v) is 7.68. The molecule has 0 aliphatic carbocycles. The molecule has 3 aromatic rings. The Kier molecular flexibility index (Phi) is 6.26. The molecule has 0 unspecified atom stereocenters. The van der Waals surface area contributed by atoms with Gasteiger partial charge in [-0.2, -0.15) is 5.10 Å². The van der Waals surface area contributed by atoms with Gasteiger partial charge in [0, 0.05) is 16.8 Å². The standard InChI is InChI=1S/C27H25N3O3/c1-3-9-18-11-7-13-20(24(18)31)17-28-30-26(22-15-8-12-19(10-4-2)25(22)32)29-23-16-6-5-14-21(23)27(30)33/h3-8,11-17,26,29,31-32H,1-2,9-10H2/b28-17-/t26-/m0/s1. The number of benzene rings is 3. The number of nitrogens with zero attached hydrogens (tertiary/aromatic N) is 2. The number of fused-ring (bicyclic) bond motifs is 1. The Morgan fingerprint density at radius 2 is 1.58 bits per heavy atom. The molecule has 33 heavy (non-hydrogen) atoms. The number of carbonyl (C=O) groups is 1. The number of hydrogen-bond acceptors (Lipinski definition) is 5. The summed E-state index contributed by atoms with van der Waals surface area (Å²) >= 11 is 0. The van der Waals surface area contributed by atoms with Crippen LogP contribution in [0.15, 0.2) is 91.1 Å². The van der Waals surface area contributed by atoms with Crippen LogP contribution in [0.5, 0.6) is 11.5 Å². The summed E-state index contributed by atoms with van der Waals surface area (Å²) < 4.78 is 0. The number of rotatable bonds is 7. The van der Waals surface area contributed by atoms with E-state index in [1.165, 1.54) is 11.2 Å². The minimum absolute atomic E-state index is 0.0816. The highest BCUT2D eigenvalue weighted by Crippen LogP contribution is 2.38. The van der Waals surface area contributed by atoms with E-state index in [0.717, 1.165) is 0 Å². The Hall–Kier alpha value is -4.32. The monoisotopic (exact) mass is 439 g/mol. The van der Waals surface area contributed by atoms with Gasteiger partial charge < -0.3 is 15.5 Å². The molecular weight excluding hydrogens is 414 g/mol. The highest BCUT2D eigenvalue weighted by Gasteiger charge is 2.34. The highest BCUT2D eigenvalue weighted by molar-refractivity contribution is 6.02. The summed E-state index contributed by atoms with van der Waals surface area (Å²) in [5.74, 6) is -0.148. The van der Waals surface area contributed by atoms with Gasteiger partial charge in [-0.05, 0) is 42.2 Å². The summed E-state index contributed by atoms with van der Waals surface area (Å²) in [4.78, 5) is 13.4. The highest BCUT2D eigenvalue weighted by atomic mass is 16.3. The molecule has 0 bridgehead atoms. The zero-order valence-corrected chi connectivity index (χ0v) is 18.1. The van der Waals surface area contributed by atoms with Crippen molar-refractivity contribution in [3.63, 3.8) is 0 Å². The third kappa shape index (κ3) is 4.23. The average molecular weight is 440 g/mol. The molecule has 3 N–H and O–H groups in total. The first kappa shape index (κ1) is 21.9. The normalized spacial score (nSPS) is 15.2. The van der Waals surface area contributed by atoms with Crippen molar-refractivity contribution in [1.82, 2.24) is 5.01 Å². The molecule has 1 aliphatic heterocycles. The van der Waals surface area contributed by atoms with Crippen LogP contribution in [0.4, 0.5) is 5.69 Å². The van der Waals surface area contributed by atoms with E-state index in [0.29, 0.717) is 46.3 Å². The predicted molar refractivity (Wildman–Crippen MR) is 131 cm³/mol. The quantitative estimate of drug-likeness (QED) is 0.351. The van der Waals surface area contributed by atoms with E-state index in [2.05, 4.69) is 23.6 Å². The first-order valence-electron chi connectivity index (χ1n) is 10.6. The lowest BCUT2D eigenvalue weighted by molar-refractivity contribution is 0.0689. The molecule has 3 aromatic carbocycles. The molecule has 0 saturated heterocycles. The van der Waals surface area contributed by atoms with Gasteiger partial charge in [0.1, 0.15) is 11.5 Å². The Morgan fingerprint density at radius 3 is 2.30 bits per heavy atom. The number of hydrazone groups is 1. The van der Waals surface area contributed by atoms with E-state index < -0.39 is 6.17 Å². The third-order valence-corrected chi connectivity index (χ3v) is 5.55. The van der Waals surface area contributed by atoms with Crippen molar-refractivity contribution in [1.29, 1.82) is 0 Å². The summed E-state index contributed by atoms with van der Waals surface area (Å²) in [6, 6.07) is 17.9. The molecule has 4 rings (SSSR count). The van der Waals surface area contributed by atoms with E-state index in [1.54, 1.807) is 36.4 Å². The number of phenols is 2. The lowest BCUT2D eigenvalue weighted by Crippen LogP contribution is -2.39. The first-order chi connectivity index (χ1) is 16.0. The second kappa shape index (κ2) is 9.44. The number of allylic oxidation sites excluding steroid dienone is 2. The fourth-order valence-corrected chi connectivity index (χ4v) is 3.89. The summed E-state index contributed by atoms with van der Waals surface area (Å²) in [6.07, 6.45) is 5.13. The molecular formula is C27H25N3O3. The van der Waals surface area contributed by atoms with Gasteiger partial charge in [0.15, 0.2) is 6.17 Å². The molecule has 6 nitrogen and oxygen atoms in total. The van der Waals surface area contributed by atoms with Crippen LogP contribution in [0.1, 0.15) is 38.8 Å². The van der Waals surface area contributed by atoms with Gasteiger partial charge in [0.2, 0.25) is 0 Å². The lowest BCUT2D eigenvalue weighted by Gasteiger charge is -2.35. The summed E-state index contributed by atoms with van der Waals surface area (Å²) in [5, 5.41) is 30.6. The van der Waals surface area contributed by atoms with E-state index in [4.69, 9.17) is 0 Å². The fraction of sp³-hybridized carbons (Fsp3) is 0.111. The number of hydrogen-bond donors (Lipinski definition) is 3. The first-order valence-corrected chi connectivity index (χ1v) is 10.6. The van der Waals surface area contributed by atoms with Crippen LogP contribution in [0.3, 0.4) is 0 Å². The number of phenolic OH excluding ortho intramolecular Hbond substituents is 2. The van der Waals surface area contributed by atoms with Crippen molar-refractivity contribution in [2.45, 2.75) is 19.0 Å². The molecule has 1 atom stereocenters. The fourth-order valence-electron chi connectivity index (χ4n) is 3.89. The molecule has 1 amide bonds. The maximum absolute atomic E-state index is 13.4. The summed E-state index contributed by atoms with van der Waals surface area (Å²) in [5.41, 5.74) is 3.53. The zero-order valence-electron chi connectivity index (χ0n) is 18.1. The zero-order chi connectivity index (χ0) is 23.4. The van der Waals surface area contributed by atoms with Gasteiger partial charge in [-0.15, -0.1) is 13.2 Å². The van der Waals surface area contributed by atoms with Crippen molar-refractivity contribution in [2.75, 3.05) is 5.32 Å². The van der Waals surface area contributed by atoms with Crippen molar-refractivity contribution in [3.8, 4) is 11.5 Å². The molecule has 1 aliphatic rings. The van der Waals surface area contributed by atoms with Gasteiger partial charge in [0.05, 0.1) is 11.8 Å². The van der Waals surface area contributed by atoms with Crippen LogP contribution >= 0.6 is 0 Å². The van der Waals surface area contributed by atoms with E-state index in [9.17, 15) is 15.0 Å². The minimum atomic E-state index is -0.744. The number of nitrogens with one attached hydrogen (secondary N) is 1. The minimum Gasteiger partial charge on any atom is -0.507 e. The molecule has 0 fully saturated rings. The van der Waals surface area contributed by atoms with Gasteiger partial charge in [-0.25, -0.2) is 5.01 Å². The smallest absolute Gasteiger partial charge is 0.278 e. The third-order valence-electron chi connectivity index (χ3n) is 5.55. The van der Waals surface area contributed by atoms with Gasteiger partial charge >= 0.3 is 0 Å². The van der Waals surface area contributed by atoms with E-state index >= 15 is 0 Å². The Bertz CT molecular complexity index is 1250. The van der Waals surface area contributed by atoms with E-state index in [-0.39, 0.29) is 17.4 Å². The number of amides is 1. The van der Waals surface area contributed by atoms with Crippen molar-refractivity contribution >= 4 is 17.8 Å². The van der Waals surface area contributed by atoms with Crippen LogP contribution in [0.2, 0.25) is 0 Å². The molecule has 0 saturated carbocycles. The average Bonchev–Trinajstić information content (AvgIpc) is 2.82. The molecule has 0 spiro atoms. The molecule has 0 radical (unpaired) electrons. The van der Waals surface area contributed by atoms with Gasteiger partial charge in [-0.1, -0.05) is 54.6 Å². The number of anilines is 1. The molecule has 0 aromatic heterocycles. The maximum Gasteiger partial charge on any atom is 0.278 e. The van der Waals surface area contributed by atoms with Crippen LogP contribution in [0.25, 0.3) is 0 Å². The summed E-state index contributed by atoms with van der Waals surface area (Å²) in [7, 11) is 0.